The summed E-state index contributed by atoms with van der Waals surface area (Å²) in [6.45, 7) is 0. The van der Waals surface area contributed by atoms with Gasteiger partial charge in [0.05, 0.1) is 9.98 Å². The van der Waals surface area contributed by atoms with Crippen molar-refractivity contribution in [3.05, 3.63) is 30.3 Å². The minimum Gasteiger partial charge on any atom is -0.382 e. The van der Waals surface area contributed by atoms with E-state index in [9.17, 15) is 0 Å². The first kappa shape index (κ1) is 11.1. The van der Waals surface area contributed by atoms with Crippen molar-refractivity contribution in [3.8, 4) is 0 Å². The average Bonchev–Trinajstić information content (AvgIpc) is 2.19. The van der Waals surface area contributed by atoms with E-state index in [1.165, 1.54) is 0 Å². The third kappa shape index (κ3) is 3.81. The lowest BCUT2D eigenvalue weighted by molar-refractivity contribution is 1.18. The molecule has 0 aliphatic heterocycles. The molecule has 0 aliphatic carbocycles. The summed E-state index contributed by atoms with van der Waals surface area (Å²) in [6, 6.07) is 9.82. The Labute approximate surface area is 94.7 Å². The molecule has 0 bridgehead atoms. The van der Waals surface area contributed by atoms with E-state index in [1.807, 2.05) is 30.3 Å². The van der Waals surface area contributed by atoms with Gasteiger partial charge >= 0.3 is 0 Å². The van der Waals surface area contributed by atoms with E-state index in [4.69, 9.17) is 24.4 Å². The Bertz CT molecular complexity index is 322. The van der Waals surface area contributed by atoms with E-state index in [0.29, 0.717) is 6.42 Å². The minimum atomic E-state index is 0.593. The fourth-order valence-electron chi connectivity index (χ4n) is 0.961. The highest BCUT2D eigenvalue weighted by atomic mass is 32.1. The van der Waals surface area contributed by atoms with E-state index in [1.54, 1.807) is 7.05 Å². The highest BCUT2D eigenvalue weighted by Crippen LogP contribution is 2.06. The fraction of sp³-hybridized carbons (Fsp3) is 0.200. The monoisotopic (exact) mass is 224 g/mol. The van der Waals surface area contributed by atoms with Crippen LogP contribution < -0.4 is 10.6 Å². The third-order valence-electron chi connectivity index (χ3n) is 1.66. The standard InChI is InChI=1S/C10H12N2S2/c1-11-9(13)7-10(14)12-8-5-3-2-4-6-8/h2-6H,7H2,1H3,(H,11,13)(H,12,14). The number of benzene rings is 1. The van der Waals surface area contributed by atoms with Crippen LogP contribution in [-0.4, -0.2) is 17.0 Å². The zero-order chi connectivity index (χ0) is 10.4. The SMILES string of the molecule is CNC(=S)CC(=S)Nc1ccccc1. The zero-order valence-corrected chi connectivity index (χ0v) is 9.54. The first-order valence-electron chi connectivity index (χ1n) is 4.28. The van der Waals surface area contributed by atoms with Crippen molar-refractivity contribution in [1.29, 1.82) is 0 Å². The van der Waals surface area contributed by atoms with Gasteiger partial charge in [0.1, 0.15) is 0 Å². The van der Waals surface area contributed by atoms with Gasteiger partial charge in [-0.3, -0.25) is 0 Å². The minimum absolute atomic E-state index is 0.593. The lowest BCUT2D eigenvalue weighted by Gasteiger charge is -2.07. The first-order chi connectivity index (χ1) is 6.72. The number of rotatable bonds is 3. The van der Waals surface area contributed by atoms with Crippen LogP contribution in [0.5, 0.6) is 0 Å². The molecule has 74 valence electrons. The third-order valence-corrected chi connectivity index (χ3v) is 2.25. The molecule has 2 nitrogen and oxygen atoms in total. The molecular weight excluding hydrogens is 212 g/mol. The van der Waals surface area contributed by atoms with Crippen molar-refractivity contribution < 1.29 is 0 Å². The molecule has 0 aliphatic rings. The topological polar surface area (TPSA) is 24.1 Å². The van der Waals surface area contributed by atoms with Crippen molar-refractivity contribution in [2.24, 2.45) is 0 Å². The van der Waals surface area contributed by atoms with Crippen LogP contribution >= 0.6 is 24.4 Å². The van der Waals surface area contributed by atoms with Crippen LogP contribution in [-0.2, 0) is 0 Å². The first-order valence-corrected chi connectivity index (χ1v) is 5.09. The number of hydrogen-bond donors (Lipinski definition) is 2. The van der Waals surface area contributed by atoms with Gasteiger partial charge in [-0.05, 0) is 12.1 Å². The Morgan fingerprint density at radius 3 is 2.36 bits per heavy atom. The molecule has 0 fully saturated rings. The molecule has 0 heterocycles. The summed E-state index contributed by atoms with van der Waals surface area (Å²) in [7, 11) is 1.80. The van der Waals surface area contributed by atoms with Gasteiger partial charge in [0.25, 0.3) is 0 Å². The normalized spacial score (nSPS) is 9.21. The van der Waals surface area contributed by atoms with Crippen LogP contribution in [0.4, 0.5) is 5.69 Å². The summed E-state index contributed by atoms with van der Waals surface area (Å²) in [4.78, 5) is 1.48. The number of hydrogen-bond acceptors (Lipinski definition) is 2. The summed E-state index contributed by atoms with van der Waals surface area (Å²) in [6.07, 6.45) is 0.593. The number of thiocarbonyl (C=S) groups is 2. The molecule has 1 aromatic carbocycles. The van der Waals surface area contributed by atoms with Gasteiger partial charge in [-0.2, -0.15) is 0 Å². The van der Waals surface area contributed by atoms with Crippen molar-refractivity contribution in [2.45, 2.75) is 6.42 Å². The molecular formula is C10H12N2S2. The van der Waals surface area contributed by atoms with Gasteiger partial charge in [-0.25, -0.2) is 0 Å². The summed E-state index contributed by atoms with van der Waals surface area (Å²) in [5, 5.41) is 6.00. The number of para-hydroxylation sites is 1. The maximum absolute atomic E-state index is 5.14. The average molecular weight is 224 g/mol. The largest absolute Gasteiger partial charge is 0.382 e. The maximum atomic E-state index is 5.14. The predicted octanol–water partition coefficient (Wildman–Crippen LogP) is 2.36. The van der Waals surface area contributed by atoms with Gasteiger partial charge in [0.2, 0.25) is 0 Å². The van der Waals surface area contributed by atoms with Crippen molar-refractivity contribution in [2.75, 3.05) is 12.4 Å². The second-order valence-electron chi connectivity index (χ2n) is 2.76. The van der Waals surface area contributed by atoms with Crippen LogP contribution in [0, 0.1) is 0 Å². The maximum Gasteiger partial charge on any atom is 0.0865 e. The van der Waals surface area contributed by atoms with Crippen molar-refractivity contribution in [1.82, 2.24) is 5.32 Å². The fourth-order valence-corrected chi connectivity index (χ4v) is 1.46. The van der Waals surface area contributed by atoms with E-state index in [-0.39, 0.29) is 0 Å². The molecule has 0 atom stereocenters. The second-order valence-corrected chi connectivity index (χ2v) is 3.75. The molecule has 0 aromatic heterocycles. The molecule has 14 heavy (non-hydrogen) atoms. The Kier molecular flexibility index (Phi) is 4.49. The smallest absolute Gasteiger partial charge is 0.0865 e. The molecule has 0 radical (unpaired) electrons. The molecule has 0 amide bonds. The van der Waals surface area contributed by atoms with Gasteiger partial charge in [-0.15, -0.1) is 0 Å². The Balaban J connectivity index is 2.46. The summed E-state index contributed by atoms with van der Waals surface area (Å²) in [5.74, 6) is 0. The van der Waals surface area contributed by atoms with E-state index in [2.05, 4.69) is 10.6 Å². The quantitative estimate of drug-likeness (QED) is 0.770. The van der Waals surface area contributed by atoms with E-state index >= 15 is 0 Å². The van der Waals surface area contributed by atoms with Gasteiger partial charge < -0.3 is 10.6 Å². The molecule has 0 unspecified atom stereocenters. The second kappa shape index (κ2) is 5.67. The lowest BCUT2D eigenvalue weighted by Crippen LogP contribution is -2.22. The van der Waals surface area contributed by atoms with E-state index in [0.717, 1.165) is 15.7 Å². The van der Waals surface area contributed by atoms with Crippen molar-refractivity contribution >= 4 is 40.1 Å². The van der Waals surface area contributed by atoms with Crippen LogP contribution in [0.25, 0.3) is 0 Å². The highest BCUT2D eigenvalue weighted by Gasteiger charge is 1.99. The predicted molar refractivity (Wildman–Crippen MR) is 68.9 cm³/mol. The molecule has 0 spiro atoms. The lowest BCUT2D eigenvalue weighted by atomic mass is 10.3. The molecule has 1 rings (SSSR count). The number of anilines is 1. The Morgan fingerprint density at radius 2 is 1.79 bits per heavy atom. The Morgan fingerprint density at radius 1 is 1.14 bits per heavy atom. The van der Waals surface area contributed by atoms with Gasteiger partial charge in [0.15, 0.2) is 0 Å². The van der Waals surface area contributed by atoms with Crippen molar-refractivity contribution in [3.63, 3.8) is 0 Å². The van der Waals surface area contributed by atoms with Crippen LogP contribution in [0.3, 0.4) is 0 Å². The van der Waals surface area contributed by atoms with Gasteiger partial charge in [0, 0.05) is 19.2 Å². The molecule has 4 heteroatoms. The molecule has 0 saturated carbocycles. The molecule has 2 N–H and O–H groups in total. The zero-order valence-electron chi connectivity index (χ0n) is 7.91. The highest BCUT2D eigenvalue weighted by molar-refractivity contribution is 7.82. The van der Waals surface area contributed by atoms with Crippen LogP contribution in [0.1, 0.15) is 6.42 Å². The Hall–Kier alpha value is -1.00. The summed E-state index contributed by atoms with van der Waals surface area (Å²) in [5.41, 5.74) is 0.997. The van der Waals surface area contributed by atoms with E-state index < -0.39 is 0 Å². The van der Waals surface area contributed by atoms with Gasteiger partial charge in [-0.1, -0.05) is 42.6 Å². The molecule has 1 aromatic rings. The number of nitrogens with one attached hydrogen (secondary N) is 2. The molecule has 0 saturated heterocycles. The van der Waals surface area contributed by atoms with Crippen LogP contribution in [0.2, 0.25) is 0 Å². The summed E-state index contributed by atoms with van der Waals surface area (Å²) >= 11 is 10.1. The summed E-state index contributed by atoms with van der Waals surface area (Å²) < 4.78 is 0. The van der Waals surface area contributed by atoms with Crippen LogP contribution in [0.15, 0.2) is 30.3 Å².